The van der Waals surface area contributed by atoms with E-state index in [4.69, 9.17) is 9.47 Å². The molecular formula is C37H43N3O7. The molecule has 0 aliphatic carbocycles. The Balaban J connectivity index is 1.47. The quantitative estimate of drug-likeness (QED) is 0.378. The summed E-state index contributed by atoms with van der Waals surface area (Å²) in [6.45, 7) is 7.52. The zero-order chi connectivity index (χ0) is 33.5. The van der Waals surface area contributed by atoms with Gasteiger partial charge < -0.3 is 29.7 Å². The van der Waals surface area contributed by atoms with Crippen LogP contribution in [0.2, 0.25) is 0 Å². The molecular weight excluding hydrogens is 598 g/mol. The van der Waals surface area contributed by atoms with Gasteiger partial charge in [0.25, 0.3) is 5.91 Å². The minimum atomic E-state index is -1.48. The third-order valence-corrected chi connectivity index (χ3v) is 9.97. The maximum Gasteiger partial charge on any atom is 0.306 e. The molecule has 4 aliphatic rings. The number of esters is 1. The van der Waals surface area contributed by atoms with Crippen LogP contribution in [0.3, 0.4) is 0 Å². The van der Waals surface area contributed by atoms with Crippen molar-refractivity contribution in [1.82, 2.24) is 10.2 Å². The highest BCUT2D eigenvalue weighted by atomic mass is 16.5. The van der Waals surface area contributed by atoms with Crippen molar-refractivity contribution in [2.24, 2.45) is 17.8 Å². The fourth-order valence-corrected chi connectivity index (χ4v) is 7.58. The maximum atomic E-state index is 14.9. The van der Waals surface area contributed by atoms with Gasteiger partial charge in [-0.3, -0.25) is 19.2 Å². The standard InChI is InChI=1S/C37H43N3O7/c1-22(2)28(20-41)40-33-36(45)39(27-19-23(3)15-16-24(27)4)18-10-17-37(33)32(35(40)44)31-29(47-37)13-8-9-14-30(42)46-21-26(38-34(31)43)25-11-6-5-7-12-25/h5-8,10-13,15-17,19,22,26,28-29,31-33,41H,9,14,18,20-21H2,1-4H3,(H,38,43)/b13-8-/t26-,28-,29+,31-,32-,33+,37-/m0/s1. The summed E-state index contributed by atoms with van der Waals surface area (Å²) in [6, 6.07) is 12.6. The first-order chi connectivity index (χ1) is 22.6. The number of ether oxygens (including phenoxy) is 2. The van der Waals surface area contributed by atoms with E-state index in [1.54, 1.807) is 23.1 Å². The molecule has 0 aromatic heterocycles. The predicted octanol–water partition coefficient (Wildman–Crippen LogP) is 3.55. The Morgan fingerprint density at radius 3 is 2.51 bits per heavy atom. The molecule has 6 rings (SSSR count). The second-order valence-electron chi connectivity index (χ2n) is 13.3. The van der Waals surface area contributed by atoms with Crippen LogP contribution in [0.4, 0.5) is 5.69 Å². The summed E-state index contributed by atoms with van der Waals surface area (Å²) in [5.74, 6) is -3.80. The minimum Gasteiger partial charge on any atom is -0.463 e. The molecule has 4 aliphatic heterocycles. The second kappa shape index (κ2) is 13.1. The Morgan fingerprint density at radius 1 is 1.02 bits per heavy atom. The number of carbonyl (C=O) groups is 4. The molecule has 248 valence electrons. The Morgan fingerprint density at radius 2 is 1.79 bits per heavy atom. The highest BCUT2D eigenvalue weighted by Gasteiger charge is 2.72. The van der Waals surface area contributed by atoms with Crippen LogP contribution < -0.4 is 10.2 Å². The van der Waals surface area contributed by atoms with Gasteiger partial charge in [-0.2, -0.15) is 0 Å². The van der Waals surface area contributed by atoms with Crippen LogP contribution in [0.25, 0.3) is 0 Å². The van der Waals surface area contributed by atoms with E-state index in [0.717, 1.165) is 22.4 Å². The summed E-state index contributed by atoms with van der Waals surface area (Å²) >= 11 is 0. The molecule has 1 spiro atoms. The average Bonchev–Trinajstić information content (AvgIpc) is 3.43. The van der Waals surface area contributed by atoms with Crippen LogP contribution in [-0.4, -0.2) is 77.2 Å². The van der Waals surface area contributed by atoms with Crippen molar-refractivity contribution in [2.75, 3.05) is 24.7 Å². The van der Waals surface area contributed by atoms with E-state index >= 15 is 0 Å². The molecule has 0 unspecified atom stereocenters. The lowest BCUT2D eigenvalue weighted by Crippen LogP contribution is -2.59. The lowest BCUT2D eigenvalue weighted by atomic mass is 9.77. The third kappa shape index (κ3) is 5.78. The number of hydrogen-bond acceptors (Lipinski definition) is 7. The van der Waals surface area contributed by atoms with Gasteiger partial charge in [0.05, 0.1) is 36.6 Å². The second-order valence-corrected chi connectivity index (χ2v) is 13.3. The number of anilines is 1. The van der Waals surface area contributed by atoms with Crippen LogP contribution in [0.5, 0.6) is 0 Å². The van der Waals surface area contributed by atoms with E-state index in [1.165, 1.54) is 4.90 Å². The number of amides is 3. The van der Waals surface area contributed by atoms with Crippen LogP contribution in [-0.2, 0) is 28.7 Å². The Labute approximate surface area is 275 Å². The summed E-state index contributed by atoms with van der Waals surface area (Å²) in [5, 5.41) is 13.7. The molecule has 0 saturated carbocycles. The molecule has 3 amide bonds. The molecule has 2 aromatic carbocycles. The van der Waals surface area contributed by atoms with Crippen molar-refractivity contribution < 1.29 is 33.8 Å². The summed E-state index contributed by atoms with van der Waals surface area (Å²) in [7, 11) is 0. The first kappa shape index (κ1) is 32.7. The molecule has 2 N–H and O–H groups in total. The number of nitrogens with zero attached hydrogens (tertiary/aromatic N) is 2. The smallest absolute Gasteiger partial charge is 0.306 e. The van der Waals surface area contributed by atoms with Gasteiger partial charge in [-0.15, -0.1) is 0 Å². The van der Waals surface area contributed by atoms with Gasteiger partial charge in [-0.1, -0.05) is 80.6 Å². The number of hydrogen-bond donors (Lipinski definition) is 2. The van der Waals surface area contributed by atoms with Gasteiger partial charge in [0.1, 0.15) is 18.2 Å². The lowest BCUT2D eigenvalue weighted by Gasteiger charge is -2.40. The summed E-state index contributed by atoms with van der Waals surface area (Å²) in [6.07, 6.45) is 6.80. The van der Waals surface area contributed by atoms with Gasteiger partial charge in [0, 0.05) is 18.7 Å². The van der Waals surface area contributed by atoms with Crippen molar-refractivity contribution in [1.29, 1.82) is 0 Å². The number of carbonyl (C=O) groups excluding carboxylic acids is 4. The summed E-state index contributed by atoms with van der Waals surface area (Å²) in [5.41, 5.74) is 1.89. The lowest BCUT2D eigenvalue weighted by molar-refractivity contribution is -0.147. The van der Waals surface area contributed by atoms with Crippen molar-refractivity contribution in [2.45, 2.75) is 70.4 Å². The molecule has 10 nitrogen and oxygen atoms in total. The first-order valence-corrected chi connectivity index (χ1v) is 16.4. The van der Waals surface area contributed by atoms with E-state index in [1.807, 2.05) is 82.3 Å². The molecule has 2 fully saturated rings. The molecule has 2 aromatic rings. The Kier molecular flexibility index (Phi) is 9.09. The SMILES string of the molecule is Cc1ccc(C)c(N2CC=C[C@]34O[C@@H]5/C=C\CCC(=O)OC[C@@H](c6ccccc6)NC(=O)[C@@H]5[C@H]3C(=O)N([C@@H](CO)C(C)C)[C@@H]4C2=O)c1. The number of allylic oxidation sites excluding steroid dienone is 1. The minimum absolute atomic E-state index is 0.0713. The molecule has 7 atom stereocenters. The number of benzene rings is 2. The number of nitrogens with one attached hydrogen (secondary N) is 1. The highest BCUT2D eigenvalue weighted by Crippen LogP contribution is 2.54. The van der Waals surface area contributed by atoms with Gasteiger partial charge in [-0.05, 0) is 48.9 Å². The fourth-order valence-electron chi connectivity index (χ4n) is 7.58. The zero-order valence-electron chi connectivity index (χ0n) is 27.3. The fraction of sp³-hybridized carbons (Fsp3) is 0.459. The number of rotatable bonds is 5. The molecule has 2 saturated heterocycles. The van der Waals surface area contributed by atoms with E-state index in [0.29, 0.717) is 6.42 Å². The summed E-state index contributed by atoms with van der Waals surface area (Å²) < 4.78 is 12.4. The highest BCUT2D eigenvalue weighted by molar-refractivity contribution is 6.06. The zero-order valence-corrected chi connectivity index (χ0v) is 27.3. The van der Waals surface area contributed by atoms with Crippen LogP contribution >= 0.6 is 0 Å². The number of aliphatic hydroxyl groups is 1. The van der Waals surface area contributed by atoms with Crippen LogP contribution in [0.1, 0.15) is 49.4 Å². The molecule has 10 heteroatoms. The van der Waals surface area contributed by atoms with E-state index < -0.39 is 53.5 Å². The Hall–Kier alpha value is -4.28. The Bertz CT molecular complexity index is 1600. The van der Waals surface area contributed by atoms with E-state index in [2.05, 4.69) is 5.32 Å². The molecule has 47 heavy (non-hydrogen) atoms. The molecule has 4 heterocycles. The van der Waals surface area contributed by atoms with Gasteiger partial charge >= 0.3 is 5.97 Å². The monoisotopic (exact) mass is 641 g/mol. The maximum absolute atomic E-state index is 14.9. The van der Waals surface area contributed by atoms with E-state index in [9.17, 15) is 24.3 Å². The average molecular weight is 642 g/mol. The normalized spacial score (nSPS) is 30.8. The number of cyclic esters (lactones) is 1. The van der Waals surface area contributed by atoms with Gasteiger partial charge in [0.2, 0.25) is 11.8 Å². The van der Waals surface area contributed by atoms with Crippen molar-refractivity contribution in [3.8, 4) is 0 Å². The molecule has 0 bridgehead atoms. The number of likely N-dealkylation sites (tertiary alicyclic amines) is 1. The first-order valence-electron chi connectivity index (χ1n) is 16.4. The van der Waals surface area contributed by atoms with Crippen molar-refractivity contribution in [3.05, 3.63) is 89.5 Å². The summed E-state index contributed by atoms with van der Waals surface area (Å²) in [4.78, 5) is 59.8. The van der Waals surface area contributed by atoms with Crippen molar-refractivity contribution >= 4 is 29.4 Å². The molecule has 0 radical (unpaired) electrons. The predicted molar refractivity (Wildman–Crippen MR) is 175 cm³/mol. The van der Waals surface area contributed by atoms with Gasteiger partial charge in [-0.25, -0.2) is 0 Å². The van der Waals surface area contributed by atoms with Gasteiger partial charge in [0.15, 0.2) is 0 Å². The van der Waals surface area contributed by atoms with Crippen molar-refractivity contribution in [3.63, 3.8) is 0 Å². The van der Waals surface area contributed by atoms with Crippen LogP contribution in [0, 0.1) is 31.6 Å². The number of aliphatic hydroxyl groups excluding tert-OH is 1. The number of aryl methyl sites for hydroxylation is 2. The largest absolute Gasteiger partial charge is 0.463 e. The number of fused-ring (bicyclic) bond motifs is 2. The van der Waals surface area contributed by atoms with E-state index in [-0.39, 0.29) is 44.0 Å². The third-order valence-electron chi connectivity index (χ3n) is 9.97. The topological polar surface area (TPSA) is 125 Å². The van der Waals surface area contributed by atoms with Crippen LogP contribution in [0.15, 0.2) is 72.8 Å².